The van der Waals surface area contributed by atoms with Gasteiger partial charge in [0.15, 0.2) is 0 Å². The lowest BCUT2D eigenvalue weighted by atomic mass is 10.0. The summed E-state index contributed by atoms with van der Waals surface area (Å²) in [4.78, 5) is 1.30. The zero-order chi connectivity index (χ0) is 13.1. The number of benzene rings is 1. The average molecular weight is 345 g/mol. The molecular weight excluding hydrogens is 330 g/mol. The quantitative estimate of drug-likeness (QED) is 0.825. The van der Waals surface area contributed by atoms with Crippen LogP contribution >= 0.6 is 38.9 Å². The predicted molar refractivity (Wildman–Crippen MR) is 83.7 cm³/mol. The molecule has 1 N–H and O–H groups in total. The lowest BCUT2D eigenvalue weighted by Crippen LogP contribution is -2.18. The van der Waals surface area contributed by atoms with Gasteiger partial charge in [-0.2, -0.15) is 0 Å². The number of hydrogen-bond acceptors (Lipinski definition) is 2. The van der Waals surface area contributed by atoms with Gasteiger partial charge in [0.25, 0.3) is 0 Å². The summed E-state index contributed by atoms with van der Waals surface area (Å²) in [7, 11) is 1.99. The van der Waals surface area contributed by atoms with Crippen LogP contribution in [0.15, 0.2) is 34.8 Å². The van der Waals surface area contributed by atoms with Crippen LogP contribution in [-0.2, 0) is 6.42 Å². The van der Waals surface area contributed by atoms with Crippen LogP contribution in [0.1, 0.15) is 22.0 Å². The average Bonchev–Trinajstić information content (AvgIpc) is 2.75. The van der Waals surface area contributed by atoms with Gasteiger partial charge in [0.05, 0.1) is 4.34 Å². The first-order chi connectivity index (χ1) is 8.60. The van der Waals surface area contributed by atoms with E-state index in [1.54, 1.807) is 11.3 Å². The number of thiophene rings is 1. The van der Waals surface area contributed by atoms with Crippen molar-refractivity contribution in [3.63, 3.8) is 0 Å². The lowest BCUT2D eigenvalue weighted by molar-refractivity contribution is 0.596. The molecule has 2 rings (SSSR count). The molecule has 18 heavy (non-hydrogen) atoms. The maximum atomic E-state index is 5.97. The highest BCUT2D eigenvalue weighted by Gasteiger charge is 2.12. The van der Waals surface area contributed by atoms with Crippen LogP contribution in [0.5, 0.6) is 0 Å². The molecule has 4 heteroatoms. The predicted octanol–water partition coefficient (Wildman–Crippen LogP) is 4.98. The maximum Gasteiger partial charge on any atom is 0.0931 e. The fourth-order valence-corrected chi connectivity index (χ4v) is 3.40. The first kappa shape index (κ1) is 14.1. The summed E-state index contributed by atoms with van der Waals surface area (Å²) in [5, 5.41) is 3.37. The highest BCUT2D eigenvalue weighted by molar-refractivity contribution is 9.10. The number of aryl methyl sites for hydroxylation is 1. The fourth-order valence-electron chi connectivity index (χ4n) is 1.88. The zero-order valence-corrected chi connectivity index (χ0v) is 13.5. The summed E-state index contributed by atoms with van der Waals surface area (Å²) in [6, 6.07) is 10.9. The molecule has 0 amide bonds. The molecular formula is C14H15BrClNS. The van der Waals surface area contributed by atoms with Gasteiger partial charge in [-0.1, -0.05) is 39.7 Å². The fraction of sp³-hybridized carbons (Fsp3) is 0.286. The van der Waals surface area contributed by atoms with Gasteiger partial charge in [-0.15, -0.1) is 11.3 Å². The van der Waals surface area contributed by atoms with E-state index in [1.165, 1.54) is 16.0 Å². The van der Waals surface area contributed by atoms with E-state index in [0.717, 1.165) is 15.2 Å². The molecule has 1 atom stereocenters. The molecule has 1 heterocycles. The summed E-state index contributed by atoms with van der Waals surface area (Å²) < 4.78 is 2.01. The second-order valence-corrected chi connectivity index (χ2v) is 6.91. The number of likely N-dealkylation sites (N-methyl/N-ethyl adjacent to an activating group) is 1. The number of hydrogen-bond donors (Lipinski definition) is 1. The molecule has 0 spiro atoms. The van der Waals surface area contributed by atoms with Crippen molar-refractivity contribution < 1.29 is 0 Å². The van der Waals surface area contributed by atoms with Crippen molar-refractivity contribution >= 4 is 38.9 Å². The Morgan fingerprint density at radius 1 is 1.33 bits per heavy atom. The van der Waals surface area contributed by atoms with E-state index < -0.39 is 0 Å². The monoisotopic (exact) mass is 343 g/mol. The maximum absolute atomic E-state index is 5.97. The van der Waals surface area contributed by atoms with Crippen molar-refractivity contribution in [2.45, 2.75) is 19.4 Å². The minimum absolute atomic E-state index is 0.316. The van der Waals surface area contributed by atoms with Gasteiger partial charge in [-0.25, -0.2) is 0 Å². The van der Waals surface area contributed by atoms with Crippen LogP contribution in [0, 0.1) is 6.92 Å². The highest BCUT2D eigenvalue weighted by Crippen LogP contribution is 2.28. The standard InChI is InChI=1S/C14H15BrClNS/c1-9-3-4-10(7-12(9)15)13(17-2)8-11-5-6-14(16)18-11/h3-7,13,17H,8H2,1-2H3. The smallest absolute Gasteiger partial charge is 0.0931 e. The Labute approximate surface area is 125 Å². The summed E-state index contributed by atoms with van der Waals surface area (Å²) in [6.45, 7) is 2.10. The van der Waals surface area contributed by atoms with E-state index in [0.29, 0.717) is 6.04 Å². The molecule has 0 bridgehead atoms. The van der Waals surface area contributed by atoms with Gasteiger partial charge in [-0.3, -0.25) is 0 Å². The lowest BCUT2D eigenvalue weighted by Gasteiger charge is -2.16. The third kappa shape index (κ3) is 3.35. The minimum Gasteiger partial charge on any atom is -0.313 e. The van der Waals surface area contributed by atoms with E-state index in [9.17, 15) is 0 Å². The van der Waals surface area contributed by atoms with Crippen molar-refractivity contribution in [2.24, 2.45) is 0 Å². The summed E-state index contributed by atoms with van der Waals surface area (Å²) in [5.74, 6) is 0. The zero-order valence-electron chi connectivity index (χ0n) is 10.3. The summed E-state index contributed by atoms with van der Waals surface area (Å²) in [5.41, 5.74) is 2.55. The van der Waals surface area contributed by atoms with Crippen LogP contribution < -0.4 is 5.32 Å². The molecule has 0 aliphatic carbocycles. The Kier molecular flexibility index (Phi) is 4.84. The molecule has 0 radical (unpaired) electrons. The van der Waals surface area contributed by atoms with Gasteiger partial charge in [0.1, 0.15) is 0 Å². The molecule has 1 aromatic heterocycles. The molecule has 0 fully saturated rings. The Hall–Kier alpha value is -0.350. The number of halogens is 2. The van der Waals surface area contributed by atoms with Gasteiger partial charge >= 0.3 is 0 Å². The highest BCUT2D eigenvalue weighted by atomic mass is 79.9. The summed E-state index contributed by atoms with van der Waals surface area (Å²) in [6.07, 6.45) is 0.962. The van der Waals surface area contributed by atoms with E-state index in [-0.39, 0.29) is 0 Å². The molecule has 0 aliphatic rings. The molecule has 1 aromatic carbocycles. The molecule has 96 valence electrons. The van der Waals surface area contributed by atoms with Crippen LogP contribution in [0.3, 0.4) is 0 Å². The third-order valence-corrected chi connectivity index (χ3v) is 5.09. The Balaban J connectivity index is 2.19. The van der Waals surface area contributed by atoms with Crippen molar-refractivity contribution in [1.82, 2.24) is 5.32 Å². The van der Waals surface area contributed by atoms with Crippen molar-refractivity contribution in [1.29, 1.82) is 0 Å². The van der Waals surface area contributed by atoms with Crippen LogP contribution in [0.2, 0.25) is 4.34 Å². The molecule has 1 nitrogen and oxygen atoms in total. The SMILES string of the molecule is CNC(Cc1ccc(Cl)s1)c1ccc(C)c(Br)c1. The molecule has 1 unspecified atom stereocenters. The van der Waals surface area contributed by atoms with E-state index in [4.69, 9.17) is 11.6 Å². The van der Waals surface area contributed by atoms with Crippen molar-refractivity contribution in [2.75, 3.05) is 7.05 Å². The molecule has 0 saturated heterocycles. The van der Waals surface area contributed by atoms with Gasteiger partial charge in [-0.05, 0) is 43.3 Å². The first-order valence-corrected chi connectivity index (χ1v) is 7.76. The van der Waals surface area contributed by atoms with Crippen molar-refractivity contribution in [3.05, 3.63) is 55.1 Å². The van der Waals surface area contributed by atoms with Gasteiger partial charge < -0.3 is 5.32 Å². The molecule has 2 aromatic rings. The van der Waals surface area contributed by atoms with Crippen LogP contribution in [-0.4, -0.2) is 7.05 Å². The van der Waals surface area contributed by atoms with Crippen LogP contribution in [0.25, 0.3) is 0 Å². The Morgan fingerprint density at radius 2 is 2.11 bits per heavy atom. The van der Waals surface area contributed by atoms with Gasteiger partial charge in [0.2, 0.25) is 0 Å². The molecule has 0 aliphatic heterocycles. The first-order valence-electron chi connectivity index (χ1n) is 5.77. The van der Waals surface area contributed by atoms with E-state index in [2.05, 4.69) is 52.4 Å². The Morgan fingerprint density at radius 3 is 2.67 bits per heavy atom. The number of nitrogens with one attached hydrogen (secondary N) is 1. The largest absolute Gasteiger partial charge is 0.313 e. The van der Waals surface area contributed by atoms with E-state index in [1.807, 2.05) is 13.1 Å². The third-order valence-electron chi connectivity index (χ3n) is 2.98. The molecule has 0 saturated carbocycles. The number of rotatable bonds is 4. The summed E-state index contributed by atoms with van der Waals surface area (Å²) >= 11 is 11.2. The topological polar surface area (TPSA) is 12.0 Å². The van der Waals surface area contributed by atoms with E-state index >= 15 is 0 Å². The van der Waals surface area contributed by atoms with Crippen LogP contribution in [0.4, 0.5) is 0 Å². The van der Waals surface area contributed by atoms with Gasteiger partial charge in [0, 0.05) is 21.8 Å². The minimum atomic E-state index is 0.316. The van der Waals surface area contributed by atoms with Crippen molar-refractivity contribution in [3.8, 4) is 0 Å². The second kappa shape index (κ2) is 6.20. The second-order valence-electron chi connectivity index (χ2n) is 4.26. The Bertz CT molecular complexity index is 538. The normalized spacial score (nSPS) is 12.7.